The van der Waals surface area contributed by atoms with Gasteiger partial charge < -0.3 is 5.32 Å². The van der Waals surface area contributed by atoms with Gasteiger partial charge in [-0.3, -0.25) is 4.99 Å². The molecule has 1 aliphatic heterocycles. The number of halogens is 2. The number of nitrogens with zero attached hydrogens (tertiary/aromatic N) is 4. The molecule has 138 valence electrons. The lowest BCUT2D eigenvalue weighted by molar-refractivity contribution is 0.630. The van der Waals surface area contributed by atoms with Crippen molar-refractivity contribution in [1.82, 2.24) is 19.9 Å². The summed E-state index contributed by atoms with van der Waals surface area (Å²) in [6.07, 6.45) is 0. The Labute approximate surface area is 169 Å². The van der Waals surface area contributed by atoms with E-state index in [9.17, 15) is 4.39 Å². The van der Waals surface area contributed by atoms with E-state index in [2.05, 4.69) is 36.3 Å². The number of nitrogens with one attached hydrogen (secondary N) is 1. The quantitative estimate of drug-likeness (QED) is 0.521. The smallest absolute Gasteiger partial charge is 0.185 e. The summed E-state index contributed by atoms with van der Waals surface area (Å²) < 4.78 is 17.1. The number of benzene rings is 2. The van der Waals surface area contributed by atoms with Gasteiger partial charge in [0.15, 0.2) is 11.5 Å². The van der Waals surface area contributed by atoms with Crippen LogP contribution in [0.5, 0.6) is 0 Å². The van der Waals surface area contributed by atoms with Crippen molar-refractivity contribution in [3.63, 3.8) is 0 Å². The van der Waals surface area contributed by atoms with Crippen molar-refractivity contribution >= 4 is 27.4 Å². The van der Waals surface area contributed by atoms with Gasteiger partial charge in [-0.2, -0.15) is 0 Å². The van der Waals surface area contributed by atoms with Gasteiger partial charge >= 0.3 is 0 Å². The summed E-state index contributed by atoms with van der Waals surface area (Å²) in [5.74, 6) is 0.791. The van der Waals surface area contributed by atoms with E-state index in [0.29, 0.717) is 17.0 Å². The van der Waals surface area contributed by atoms with Crippen LogP contribution in [0.4, 0.5) is 4.39 Å². The van der Waals surface area contributed by atoms with Crippen molar-refractivity contribution in [2.45, 2.75) is 0 Å². The number of rotatable bonds is 3. The molecule has 0 amide bonds. The Morgan fingerprint density at radius 2 is 1.89 bits per heavy atom. The van der Waals surface area contributed by atoms with Crippen molar-refractivity contribution in [2.75, 3.05) is 13.1 Å². The molecule has 0 atom stereocenters. The summed E-state index contributed by atoms with van der Waals surface area (Å²) in [5.41, 5.74) is 3.72. The molecule has 0 saturated heterocycles. The normalized spacial score (nSPS) is 13.6. The molecule has 0 unspecified atom stereocenters. The number of hydrogen-bond acceptors (Lipinski definition) is 4. The Morgan fingerprint density at radius 3 is 2.68 bits per heavy atom. The van der Waals surface area contributed by atoms with E-state index >= 15 is 0 Å². The van der Waals surface area contributed by atoms with Crippen LogP contribution < -0.4 is 5.32 Å². The molecule has 0 bridgehead atoms. The number of fused-ring (bicyclic) bond motifs is 1. The van der Waals surface area contributed by atoms with Gasteiger partial charge in [-0.25, -0.2) is 13.9 Å². The molecule has 28 heavy (non-hydrogen) atoms. The lowest BCUT2D eigenvalue weighted by Crippen LogP contribution is -2.20. The average molecular weight is 436 g/mol. The molecular weight excluding hydrogens is 421 g/mol. The van der Waals surface area contributed by atoms with E-state index in [0.717, 1.165) is 40.2 Å². The summed E-state index contributed by atoms with van der Waals surface area (Å²) in [6, 6.07) is 18.5. The molecule has 5 nitrogen and oxygen atoms in total. The minimum absolute atomic E-state index is 0.347. The SMILES string of the molecule is Fc1ccccc1-c1nc2c(C3=NCCN3)ccc(-c3cccc(Br)c3)n2n1. The first kappa shape index (κ1) is 17.1. The van der Waals surface area contributed by atoms with E-state index in [4.69, 9.17) is 0 Å². The molecule has 7 heteroatoms. The zero-order valence-corrected chi connectivity index (χ0v) is 16.3. The monoisotopic (exact) mass is 435 g/mol. The van der Waals surface area contributed by atoms with Crippen LogP contribution in [0, 0.1) is 5.82 Å². The third kappa shape index (κ3) is 2.88. The number of pyridine rings is 1. The number of amidine groups is 1. The highest BCUT2D eigenvalue weighted by Crippen LogP contribution is 2.28. The molecule has 0 aliphatic carbocycles. The average Bonchev–Trinajstić information content (AvgIpc) is 3.38. The van der Waals surface area contributed by atoms with Gasteiger partial charge in [-0.05, 0) is 36.4 Å². The molecule has 1 aliphatic rings. The molecular formula is C21H15BrFN5. The van der Waals surface area contributed by atoms with Crippen LogP contribution in [-0.4, -0.2) is 33.5 Å². The predicted molar refractivity (Wildman–Crippen MR) is 111 cm³/mol. The van der Waals surface area contributed by atoms with Crippen molar-refractivity contribution < 1.29 is 4.39 Å². The molecule has 0 fully saturated rings. The molecule has 2 aromatic carbocycles. The third-order valence-corrected chi connectivity index (χ3v) is 5.14. The van der Waals surface area contributed by atoms with Crippen molar-refractivity contribution in [1.29, 1.82) is 0 Å². The van der Waals surface area contributed by atoms with E-state index in [1.165, 1.54) is 6.07 Å². The second-order valence-corrected chi connectivity index (χ2v) is 7.37. The summed E-state index contributed by atoms with van der Waals surface area (Å²) in [7, 11) is 0. The Bertz CT molecular complexity index is 1230. The van der Waals surface area contributed by atoms with Crippen LogP contribution in [0.1, 0.15) is 5.56 Å². The van der Waals surface area contributed by atoms with Gasteiger partial charge in [0.1, 0.15) is 11.7 Å². The van der Waals surface area contributed by atoms with E-state index < -0.39 is 0 Å². The van der Waals surface area contributed by atoms with Gasteiger partial charge in [0.2, 0.25) is 0 Å². The minimum atomic E-state index is -0.347. The van der Waals surface area contributed by atoms with Gasteiger partial charge in [-0.15, -0.1) is 5.10 Å². The third-order valence-electron chi connectivity index (χ3n) is 4.65. The fourth-order valence-corrected chi connectivity index (χ4v) is 3.75. The fraction of sp³-hybridized carbons (Fsp3) is 0.0952. The largest absolute Gasteiger partial charge is 0.368 e. The minimum Gasteiger partial charge on any atom is -0.368 e. The first-order chi connectivity index (χ1) is 13.7. The highest BCUT2D eigenvalue weighted by Gasteiger charge is 2.20. The second-order valence-electron chi connectivity index (χ2n) is 6.45. The topological polar surface area (TPSA) is 54.6 Å². The zero-order chi connectivity index (χ0) is 19.1. The highest BCUT2D eigenvalue weighted by atomic mass is 79.9. The Balaban J connectivity index is 1.78. The molecule has 0 saturated carbocycles. The lowest BCUT2D eigenvalue weighted by Gasteiger charge is -2.09. The fourth-order valence-electron chi connectivity index (χ4n) is 3.35. The summed E-state index contributed by atoms with van der Waals surface area (Å²) in [5, 5.41) is 7.93. The predicted octanol–water partition coefficient (Wildman–Crippen LogP) is 4.31. The van der Waals surface area contributed by atoms with Gasteiger partial charge in [-0.1, -0.05) is 40.2 Å². The summed E-state index contributed by atoms with van der Waals surface area (Å²) >= 11 is 3.52. The summed E-state index contributed by atoms with van der Waals surface area (Å²) in [4.78, 5) is 9.19. The molecule has 0 radical (unpaired) electrons. The molecule has 1 N–H and O–H groups in total. The number of aromatic nitrogens is 3. The molecule has 3 heterocycles. The number of hydrogen-bond donors (Lipinski definition) is 1. The first-order valence-electron chi connectivity index (χ1n) is 8.90. The van der Waals surface area contributed by atoms with Crippen molar-refractivity contribution in [2.24, 2.45) is 4.99 Å². The van der Waals surface area contributed by atoms with Crippen LogP contribution in [-0.2, 0) is 0 Å². The number of aliphatic imine (C=N–C) groups is 1. The van der Waals surface area contributed by atoms with Gasteiger partial charge in [0.25, 0.3) is 0 Å². The van der Waals surface area contributed by atoms with E-state index in [-0.39, 0.29) is 5.82 Å². The molecule has 4 aromatic rings. The second kappa shape index (κ2) is 6.83. The highest BCUT2D eigenvalue weighted by molar-refractivity contribution is 9.10. The maximum absolute atomic E-state index is 14.4. The lowest BCUT2D eigenvalue weighted by atomic mass is 10.1. The van der Waals surface area contributed by atoms with Gasteiger partial charge in [0, 0.05) is 16.6 Å². The van der Waals surface area contributed by atoms with E-state index in [1.807, 2.05) is 36.4 Å². The Morgan fingerprint density at radius 1 is 1.00 bits per heavy atom. The van der Waals surface area contributed by atoms with E-state index in [1.54, 1.807) is 22.7 Å². The van der Waals surface area contributed by atoms with Crippen LogP contribution >= 0.6 is 15.9 Å². The molecule has 5 rings (SSSR count). The van der Waals surface area contributed by atoms with Crippen LogP contribution in [0.2, 0.25) is 0 Å². The maximum atomic E-state index is 14.4. The van der Waals surface area contributed by atoms with Gasteiger partial charge in [0.05, 0.1) is 23.4 Å². The summed E-state index contributed by atoms with van der Waals surface area (Å²) in [6.45, 7) is 1.52. The first-order valence-corrected chi connectivity index (χ1v) is 9.69. The Hall–Kier alpha value is -3.06. The van der Waals surface area contributed by atoms with Crippen LogP contribution in [0.15, 0.2) is 70.1 Å². The van der Waals surface area contributed by atoms with Crippen molar-refractivity contribution in [3.05, 3.63) is 76.5 Å². The Kier molecular flexibility index (Phi) is 4.16. The zero-order valence-electron chi connectivity index (χ0n) is 14.7. The van der Waals surface area contributed by atoms with Crippen LogP contribution in [0.25, 0.3) is 28.3 Å². The van der Waals surface area contributed by atoms with Crippen molar-refractivity contribution in [3.8, 4) is 22.6 Å². The maximum Gasteiger partial charge on any atom is 0.185 e. The standard InChI is InChI=1S/C21H15BrFN5/c22-14-5-3-4-13(12-14)18-9-8-16(19-24-10-11-25-19)21-26-20(27-28(18)21)15-6-1-2-7-17(15)23/h1-9,12H,10-11H2,(H,24,25). The molecule has 0 spiro atoms. The van der Waals surface area contributed by atoms with Crippen LogP contribution in [0.3, 0.4) is 0 Å². The molecule has 2 aromatic heterocycles.